The third kappa shape index (κ3) is 2.52. The molecule has 0 amide bonds. The molecule has 0 unspecified atom stereocenters. The van der Waals surface area contributed by atoms with Crippen LogP contribution in [0, 0.1) is 0 Å². The lowest BCUT2D eigenvalue weighted by Crippen LogP contribution is -2.35. The minimum atomic E-state index is -0.337. The number of fused-ring (bicyclic) bond motifs is 1. The van der Waals surface area contributed by atoms with Crippen LogP contribution in [-0.4, -0.2) is 54.5 Å². The number of carbonyl (C=O) groups is 1. The first kappa shape index (κ1) is 13.1. The summed E-state index contributed by atoms with van der Waals surface area (Å²) in [6.45, 7) is 4.19. The average Bonchev–Trinajstić information content (AvgIpc) is 2.90. The highest BCUT2D eigenvalue weighted by molar-refractivity contribution is 5.94. The van der Waals surface area contributed by atoms with Crippen LogP contribution >= 0.6 is 0 Å². The monoisotopic (exact) mass is 275 g/mol. The van der Waals surface area contributed by atoms with Crippen LogP contribution in [0.5, 0.6) is 0 Å². The number of rotatable bonds is 3. The Bertz CT molecular complexity index is 617. The lowest BCUT2D eigenvalue weighted by atomic mass is 10.1. The SMILES string of the molecule is COC(=O)c1ccc2c(CN3CCOCC3)n[nH]c2c1. The molecule has 0 radical (unpaired) electrons. The van der Waals surface area contributed by atoms with Gasteiger partial charge in [-0.3, -0.25) is 10.00 Å². The summed E-state index contributed by atoms with van der Waals surface area (Å²) >= 11 is 0. The Labute approximate surface area is 116 Å². The molecule has 6 nitrogen and oxygen atoms in total. The van der Waals surface area contributed by atoms with Gasteiger partial charge in [-0.2, -0.15) is 5.10 Å². The standard InChI is InChI=1S/C14H17N3O3/c1-19-14(18)10-2-3-11-12(8-10)15-16-13(11)9-17-4-6-20-7-5-17/h2-3,8H,4-7,9H2,1H3,(H,15,16). The van der Waals surface area contributed by atoms with E-state index in [0.717, 1.165) is 49.4 Å². The number of nitrogens with zero attached hydrogens (tertiary/aromatic N) is 2. The van der Waals surface area contributed by atoms with Crippen molar-refractivity contribution in [3.63, 3.8) is 0 Å². The number of hydrogen-bond donors (Lipinski definition) is 1. The fraction of sp³-hybridized carbons (Fsp3) is 0.429. The second-order valence-electron chi connectivity index (χ2n) is 4.81. The molecule has 0 spiro atoms. The van der Waals surface area contributed by atoms with Crippen LogP contribution in [-0.2, 0) is 16.0 Å². The molecule has 1 fully saturated rings. The van der Waals surface area contributed by atoms with E-state index in [1.807, 2.05) is 6.07 Å². The number of carbonyl (C=O) groups excluding carboxylic acids is 1. The van der Waals surface area contributed by atoms with Crippen molar-refractivity contribution < 1.29 is 14.3 Å². The normalized spacial score (nSPS) is 16.4. The van der Waals surface area contributed by atoms with E-state index in [2.05, 4.69) is 15.1 Å². The second-order valence-corrected chi connectivity index (χ2v) is 4.81. The first-order valence-electron chi connectivity index (χ1n) is 6.63. The Balaban J connectivity index is 1.84. The summed E-state index contributed by atoms with van der Waals surface area (Å²) in [7, 11) is 1.38. The molecule has 1 aromatic heterocycles. The maximum absolute atomic E-state index is 11.5. The van der Waals surface area contributed by atoms with E-state index in [9.17, 15) is 4.79 Å². The van der Waals surface area contributed by atoms with Crippen molar-refractivity contribution in [3.8, 4) is 0 Å². The van der Waals surface area contributed by atoms with Gasteiger partial charge in [0.25, 0.3) is 0 Å². The van der Waals surface area contributed by atoms with Crippen molar-refractivity contribution in [2.24, 2.45) is 0 Å². The van der Waals surface area contributed by atoms with E-state index in [0.29, 0.717) is 5.56 Å². The molecule has 1 aliphatic heterocycles. The highest BCUT2D eigenvalue weighted by atomic mass is 16.5. The highest BCUT2D eigenvalue weighted by Crippen LogP contribution is 2.19. The maximum Gasteiger partial charge on any atom is 0.337 e. The molecule has 1 N–H and O–H groups in total. The smallest absolute Gasteiger partial charge is 0.337 e. The molecule has 0 bridgehead atoms. The van der Waals surface area contributed by atoms with Gasteiger partial charge in [-0.25, -0.2) is 4.79 Å². The molecule has 6 heteroatoms. The van der Waals surface area contributed by atoms with Crippen molar-refractivity contribution >= 4 is 16.9 Å². The predicted molar refractivity (Wildman–Crippen MR) is 73.5 cm³/mol. The largest absolute Gasteiger partial charge is 0.465 e. The van der Waals surface area contributed by atoms with Gasteiger partial charge < -0.3 is 9.47 Å². The first-order chi connectivity index (χ1) is 9.78. The number of esters is 1. The van der Waals surface area contributed by atoms with Gasteiger partial charge in [-0.05, 0) is 12.1 Å². The van der Waals surface area contributed by atoms with Crippen LogP contribution in [0.15, 0.2) is 18.2 Å². The number of nitrogens with one attached hydrogen (secondary N) is 1. The summed E-state index contributed by atoms with van der Waals surface area (Å²) < 4.78 is 10.1. The van der Waals surface area contributed by atoms with Gasteiger partial charge in [-0.15, -0.1) is 0 Å². The lowest BCUT2D eigenvalue weighted by molar-refractivity contribution is 0.0338. The van der Waals surface area contributed by atoms with Crippen molar-refractivity contribution in [3.05, 3.63) is 29.5 Å². The van der Waals surface area contributed by atoms with E-state index in [1.165, 1.54) is 7.11 Å². The zero-order valence-corrected chi connectivity index (χ0v) is 11.4. The molecule has 0 saturated carbocycles. The molecular weight excluding hydrogens is 258 g/mol. The molecule has 2 heterocycles. The van der Waals surface area contributed by atoms with Gasteiger partial charge in [0, 0.05) is 25.0 Å². The molecule has 1 aliphatic rings. The van der Waals surface area contributed by atoms with Crippen molar-refractivity contribution in [1.82, 2.24) is 15.1 Å². The van der Waals surface area contributed by atoms with Gasteiger partial charge in [0.2, 0.25) is 0 Å². The number of morpholine rings is 1. The fourth-order valence-corrected chi connectivity index (χ4v) is 2.41. The number of methoxy groups -OCH3 is 1. The first-order valence-corrected chi connectivity index (χ1v) is 6.63. The zero-order chi connectivity index (χ0) is 13.9. The Kier molecular flexibility index (Phi) is 3.66. The Morgan fingerprint density at radius 1 is 1.45 bits per heavy atom. The number of benzene rings is 1. The van der Waals surface area contributed by atoms with E-state index in [4.69, 9.17) is 9.47 Å². The number of aromatic nitrogens is 2. The van der Waals surface area contributed by atoms with Crippen LogP contribution in [0.3, 0.4) is 0 Å². The molecule has 0 aliphatic carbocycles. The minimum Gasteiger partial charge on any atom is -0.465 e. The number of hydrogen-bond acceptors (Lipinski definition) is 5. The molecule has 0 atom stereocenters. The van der Waals surface area contributed by atoms with Gasteiger partial charge in [-0.1, -0.05) is 6.07 Å². The van der Waals surface area contributed by atoms with Crippen LogP contribution < -0.4 is 0 Å². The summed E-state index contributed by atoms with van der Waals surface area (Å²) in [5.74, 6) is -0.337. The Morgan fingerprint density at radius 2 is 2.25 bits per heavy atom. The third-order valence-corrected chi connectivity index (χ3v) is 3.54. The second kappa shape index (κ2) is 5.60. The molecule has 1 aromatic carbocycles. The summed E-state index contributed by atoms with van der Waals surface area (Å²) in [5.41, 5.74) is 2.39. The summed E-state index contributed by atoms with van der Waals surface area (Å²) in [4.78, 5) is 13.8. The average molecular weight is 275 g/mol. The number of ether oxygens (including phenoxy) is 2. The Morgan fingerprint density at radius 3 is 3.00 bits per heavy atom. The number of H-pyrrole nitrogens is 1. The summed E-state index contributed by atoms with van der Waals surface area (Å²) in [6.07, 6.45) is 0. The molecule has 1 saturated heterocycles. The minimum absolute atomic E-state index is 0.337. The van der Waals surface area contributed by atoms with Crippen LogP contribution in [0.25, 0.3) is 10.9 Å². The van der Waals surface area contributed by atoms with E-state index in [-0.39, 0.29) is 5.97 Å². The van der Waals surface area contributed by atoms with Crippen molar-refractivity contribution in [1.29, 1.82) is 0 Å². The van der Waals surface area contributed by atoms with E-state index in [1.54, 1.807) is 12.1 Å². The van der Waals surface area contributed by atoms with Gasteiger partial charge in [0.05, 0.1) is 37.1 Å². The topological polar surface area (TPSA) is 67.4 Å². The van der Waals surface area contributed by atoms with E-state index >= 15 is 0 Å². The fourth-order valence-electron chi connectivity index (χ4n) is 2.41. The number of aromatic amines is 1. The van der Waals surface area contributed by atoms with Gasteiger partial charge >= 0.3 is 5.97 Å². The molecule has 2 aromatic rings. The van der Waals surface area contributed by atoms with Gasteiger partial charge in [0.1, 0.15) is 0 Å². The molecule has 3 rings (SSSR count). The third-order valence-electron chi connectivity index (χ3n) is 3.54. The van der Waals surface area contributed by atoms with Crippen molar-refractivity contribution in [2.75, 3.05) is 33.4 Å². The quantitative estimate of drug-likeness (QED) is 0.852. The maximum atomic E-state index is 11.5. The van der Waals surface area contributed by atoms with Crippen LogP contribution in [0.1, 0.15) is 16.1 Å². The molecule has 20 heavy (non-hydrogen) atoms. The van der Waals surface area contributed by atoms with E-state index < -0.39 is 0 Å². The van der Waals surface area contributed by atoms with Crippen molar-refractivity contribution in [2.45, 2.75) is 6.54 Å². The lowest BCUT2D eigenvalue weighted by Gasteiger charge is -2.25. The summed E-state index contributed by atoms with van der Waals surface area (Å²) in [6, 6.07) is 5.46. The molecule has 106 valence electrons. The van der Waals surface area contributed by atoms with Crippen LogP contribution in [0.4, 0.5) is 0 Å². The predicted octanol–water partition coefficient (Wildman–Crippen LogP) is 1.18. The zero-order valence-electron chi connectivity index (χ0n) is 11.4. The summed E-state index contributed by atoms with van der Waals surface area (Å²) in [5, 5.41) is 8.38. The Hall–Kier alpha value is -1.92. The van der Waals surface area contributed by atoms with Crippen LogP contribution in [0.2, 0.25) is 0 Å². The molecular formula is C14H17N3O3. The highest BCUT2D eigenvalue weighted by Gasteiger charge is 2.15. The van der Waals surface area contributed by atoms with Gasteiger partial charge in [0.15, 0.2) is 0 Å².